The number of hydrogen-bond acceptors (Lipinski definition) is 3. The van der Waals surface area contributed by atoms with Gasteiger partial charge in [-0.15, -0.1) is 0 Å². The van der Waals surface area contributed by atoms with Crippen LogP contribution < -0.4 is 0 Å². The second kappa shape index (κ2) is 3.11. The lowest BCUT2D eigenvalue weighted by atomic mass is 10.1. The molecule has 1 N–H and O–H groups in total. The highest BCUT2D eigenvalue weighted by Crippen LogP contribution is 2.25. The molecule has 60 valence electrons. The first kappa shape index (κ1) is 7.55. The van der Waals surface area contributed by atoms with Crippen LogP contribution in [0.3, 0.4) is 0 Å². The Morgan fingerprint density at radius 2 is 2.17 bits per heavy atom. The molecule has 0 aromatic heterocycles. The van der Waals surface area contributed by atoms with Crippen molar-refractivity contribution in [2.45, 2.75) is 11.3 Å². The average molecular weight is 176 g/mol. The summed E-state index contributed by atoms with van der Waals surface area (Å²) in [7, 11) is 0. The van der Waals surface area contributed by atoms with Gasteiger partial charge in [0, 0.05) is 23.3 Å². The van der Waals surface area contributed by atoms with Crippen molar-refractivity contribution in [3.63, 3.8) is 0 Å². The highest BCUT2D eigenvalue weighted by atomic mass is 32.2. The van der Waals surface area contributed by atoms with Crippen molar-refractivity contribution in [1.29, 1.82) is 5.41 Å². The molecule has 0 amide bonds. The molecular formula is C9H8N2S. The summed E-state index contributed by atoms with van der Waals surface area (Å²) in [6, 6.07) is 8.08. The third-order valence-corrected chi connectivity index (χ3v) is 2.52. The normalized spacial score (nSPS) is 15.5. The van der Waals surface area contributed by atoms with E-state index in [-0.39, 0.29) is 0 Å². The van der Waals surface area contributed by atoms with E-state index in [0.29, 0.717) is 12.1 Å². The fraction of sp³-hybridized carbons (Fsp3) is 0.111. The highest BCUT2D eigenvalue weighted by Gasteiger charge is 2.06. The molecule has 1 aromatic rings. The average Bonchev–Trinajstić information content (AvgIpc) is 2.25. The summed E-state index contributed by atoms with van der Waals surface area (Å²) in [6.45, 7) is 0. The number of nitrogens with zero attached hydrogens (tertiary/aromatic N) is 1. The van der Waals surface area contributed by atoms with Gasteiger partial charge in [-0.3, -0.25) is 0 Å². The highest BCUT2D eigenvalue weighted by molar-refractivity contribution is 7.98. The molecule has 1 heterocycles. The maximum atomic E-state index is 7.50. The molecule has 0 saturated heterocycles. The molecule has 0 unspecified atom stereocenters. The van der Waals surface area contributed by atoms with Gasteiger partial charge in [-0.25, -0.2) is 4.40 Å². The Balaban J connectivity index is 2.44. The molecule has 0 bridgehead atoms. The van der Waals surface area contributed by atoms with Gasteiger partial charge >= 0.3 is 0 Å². The predicted octanol–water partition coefficient (Wildman–Crippen LogP) is 2.34. The molecule has 0 aliphatic carbocycles. The van der Waals surface area contributed by atoms with Gasteiger partial charge in [-0.1, -0.05) is 18.2 Å². The fourth-order valence-corrected chi connectivity index (χ4v) is 1.83. The lowest BCUT2D eigenvalue weighted by Gasteiger charge is -2.00. The van der Waals surface area contributed by atoms with Gasteiger partial charge in [0.1, 0.15) is 0 Å². The zero-order chi connectivity index (χ0) is 8.39. The Hall–Kier alpha value is -1.09. The number of benzene rings is 1. The molecule has 3 heteroatoms. The van der Waals surface area contributed by atoms with E-state index >= 15 is 0 Å². The summed E-state index contributed by atoms with van der Waals surface area (Å²) in [4.78, 5) is 1.16. The lowest BCUT2D eigenvalue weighted by Crippen LogP contribution is -2.00. The van der Waals surface area contributed by atoms with E-state index in [1.807, 2.05) is 24.3 Å². The second-order valence-corrected chi connectivity index (χ2v) is 3.47. The minimum atomic E-state index is 0.576. The molecule has 0 fully saturated rings. The quantitative estimate of drug-likeness (QED) is 0.605. The van der Waals surface area contributed by atoms with Crippen LogP contribution >= 0.6 is 11.9 Å². The van der Waals surface area contributed by atoms with Gasteiger partial charge in [0.05, 0.1) is 11.9 Å². The van der Waals surface area contributed by atoms with Crippen LogP contribution in [0.4, 0.5) is 0 Å². The third-order valence-electron chi connectivity index (χ3n) is 1.71. The SMILES string of the molecule is N=C1C=NSc2ccccc2C1. The minimum absolute atomic E-state index is 0.576. The number of fused-ring (bicyclic) bond motifs is 1. The molecule has 0 atom stereocenters. The topological polar surface area (TPSA) is 36.2 Å². The predicted molar refractivity (Wildman–Crippen MR) is 52.2 cm³/mol. The van der Waals surface area contributed by atoms with E-state index < -0.39 is 0 Å². The Labute approximate surface area is 75.4 Å². The Morgan fingerprint density at radius 3 is 3.08 bits per heavy atom. The third kappa shape index (κ3) is 1.41. The van der Waals surface area contributed by atoms with Gasteiger partial charge in [0.15, 0.2) is 0 Å². The first-order valence-electron chi connectivity index (χ1n) is 3.72. The van der Waals surface area contributed by atoms with Crippen LogP contribution in [0.25, 0.3) is 0 Å². The summed E-state index contributed by atoms with van der Waals surface area (Å²) >= 11 is 1.44. The van der Waals surface area contributed by atoms with Crippen molar-refractivity contribution >= 4 is 23.9 Å². The Kier molecular flexibility index (Phi) is 1.96. The summed E-state index contributed by atoms with van der Waals surface area (Å²) in [6.07, 6.45) is 2.32. The van der Waals surface area contributed by atoms with E-state index in [9.17, 15) is 0 Å². The zero-order valence-electron chi connectivity index (χ0n) is 6.45. The van der Waals surface area contributed by atoms with Crippen LogP contribution in [0, 0.1) is 5.41 Å². The van der Waals surface area contributed by atoms with Crippen molar-refractivity contribution < 1.29 is 0 Å². The zero-order valence-corrected chi connectivity index (χ0v) is 7.27. The standard InChI is InChI=1S/C9H8N2S/c10-8-5-7-3-1-2-4-9(7)12-11-6-8/h1-4,6,10H,5H2. The summed E-state index contributed by atoms with van der Waals surface area (Å²) in [5.41, 5.74) is 1.78. The van der Waals surface area contributed by atoms with Gasteiger partial charge in [0.25, 0.3) is 0 Å². The van der Waals surface area contributed by atoms with Crippen LogP contribution in [0.1, 0.15) is 5.56 Å². The molecule has 2 nitrogen and oxygen atoms in total. The minimum Gasteiger partial charge on any atom is -0.303 e. The summed E-state index contributed by atoms with van der Waals surface area (Å²) < 4.78 is 4.06. The fourth-order valence-electron chi connectivity index (χ4n) is 1.14. The van der Waals surface area contributed by atoms with Crippen molar-refractivity contribution in [3.05, 3.63) is 29.8 Å². The molecule has 12 heavy (non-hydrogen) atoms. The summed E-state index contributed by atoms with van der Waals surface area (Å²) in [5.74, 6) is 0. The van der Waals surface area contributed by atoms with Crippen LogP contribution in [0.2, 0.25) is 0 Å². The maximum Gasteiger partial charge on any atom is 0.0567 e. The molecule has 1 aliphatic heterocycles. The molecule has 2 rings (SSSR count). The molecule has 0 spiro atoms. The van der Waals surface area contributed by atoms with Crippen molar-refractivity contribution in [2.75, 3.05) is 0 Å². The molecular weight excluding hydrogens is 168 g/mol. The van der Waals surface area contributed by atoms with Crippen molar-refractivity contribution in [3.8, 4) is 0 Å². The number of rotatable bonds is 0. The first-order valence-corrected chi connectivity index (χ1v) is 4.49. The van der Waals surface area contributed by atoms with Gasteiger partial charge in [0.2, 0.25) is 0 Å². The molecule has 1 aromatic carbocycles. The molecule has 0 saturated carbocycles. The largest absolute Gasteiger partial charge is 0.303 e. The summed E-state index contributed by atoms with van der Waals surface area (Å²) in [5, 5.41) is 7.50. The van der Waals surface area contributed by atoms with E-state index in [0.717, 1.165) is 4.90 Å². The van der Waals surface area contributed by atoms with E-state index in [1.54, 1.807) is 6.21 Å². The van der Waals surface area contributed by atoms with Crippen molar-refractivity contribution in [1.82, 2.24) is 0 Å². The Bertz CT molecular complexity index is 344. The van der Waals surface area contributed by atoms with Crippen molar-refractivity contribution in [2.24, 2.45) is 4.40 Å². The molecule has 1 aliphatic rings. The Morgan fingerprint density at radius 1 is 1.33 bits per heavy atom. The number of nitrogens with one attached hydrogen (secondary N) is 1. The van der Waals surface area contributed by atoms with Gasteiger partial charge in [-0.2, -0.15) is 0 Å². The van der Waals surface area contributed by atoms with E-state index in [4.69, 9.17) is 5.41 Å². The number of hydrogen-bond donors (Lipinski definition) is 1. The lowest BCUT2D eigenvalue weighted by molar-refractivity contribution is 1.22. The van der Waals surface area contributed by atoms with Crippen LogP contribution in [0.5, 0.6) is 0 Å². The van der Waals surface area contributed by atoms with E-state index in [1.165, 1.54) is 17.5 Å². The maximum absolute atomic E-state index is 7.50. The van der Waals surface area contributed by atoms with Crippen LogP contribution in [0.15, 0.2) is 33.6 Å². The monoisotopic (exact) mass is 176 g/mol. The van der Waals surface area contributed by atoms with Crippen LogP contribution in [-0.2, 0) is 6.42 Å². The molecule has 0 radical (unpaired) electrons. The van der Waals surface area contributed by atoms with Gasteiger partial charge in [-0.05, 0) is 11.6 Å². The van der Waals surface area contributed by atoms with Crippen LogP contribution in [-0.4, -0.2) is 11.9 Å². The van der Waals surface area contributed by atoms with Gasteiger partial charge < -0.3 is 5.41 Å². The van der Waals surface area contributed by atoms with E-state index in [2.05, 4.69) is 4.40 Å². The smallest absolute Gasteiger partial charge is 0.0567 e. The first-order chi connectivity index (χ1) is 5.86. The second-order valence-electron chi connectivity index (χ2n) is 2.64.